The first kappa shape index (κ1) is 21.3. The first-order valence-corrected chi connectivity index (χ1v) is 9.86. The Kier molecular flexibility index (Phi) is 6.00. The van der Waals surface area contributed by atoms with Crippen LogP contribution >= 0.6 is 0 Å². The molecule has 1 amide bonds. The summed E-state index contributed by atoms with van der Waals surface area (Å²) in [4.78, 5) is 16.4. The molecule has 1 aliphatic carbocycles. The summed E-state index contributed by atoms with van der Waals surface area (Å²) in [7, 11) is 1.42. The average Bonchev–Trinajstić information content (AvgIpc) is 2.61. The standard InChI is InChI=1S/C22H30N2O5/c1-21(2)12-16(13-22(3,4)29-21)28-15-8-6-14(7-9-15)24-20(26)18-19(25)17(27-5)10-11-23-18/h6-8,10-11,15-16,25H,9,12-13H2,1-5H3,(H,24,26). The van der Waals surface area contributed by atoms with Crippen molar-refractivity contribution in [2.24, 2.45) is 0 Å². The Morgan fingerprint density at radius 3 is 2.55 bits per heavy atom. The second kappa shape index (κ2) is 8.16. The number of ether oxygens (including phenoxy) is 3. The van der Waals surface area contributed by atoms with E-state index in [9.17, 15) is 9.90 Å². The largest absolute Gasteiger partial charge is 0.503 e. The van der Waals surface area contributed by atoms with Gasteiger partial charge in [0.1, 0.15) is 0 Å². The molecule has 2 aliphatic rings. The van der Waals surface area contributed by atoms with Crippen LogP contribution in [0.3, 0.4) is 0 Å². The lowest BCUT2D eigenvalue weighted by Gasteiger charge is -2.45. The van der Waals surface area contributed by atoms with Gasteiger partial charge in [-0.05, 0) is 40.2 Å². The van der Waals surface area contributed by atoms with E-state index in [0.717, 1.165) is 12.8 Å². The molecule has 1 atom stereocenters. The molecule has 7 nitrogen and oxygen atoms in total. The summed E-state index contributed by atoms with van der Waals surface area (Å²) >= 11 is 0. The summed E-state index contributed by atoms with van der Waals surface area (Å²) in [6.45, 7) is 8.38. The van der Waals surface area contributed by atoms with E-state index >= 15 is 0 Å². The number of hydrogen-bond donors (Lipinski definition) is 2. The van der Waals surface area contributed by atoms with Crippen LogP contribution in [0.2, 0.25) is 0 Å². The molecule has 0 radical (unpaired) electrons. The van der Waals surface area contributed by atoms with E-state index in [4.69, 9.17) is 14.2 Å². The van der Waals surface area contributed by atoms with Crippen molar-refractivity contribution in [2.45, 2.75) is 70.4 Å². The number of nitrogens with zero attached hydrogens (tertiary/aromatic N) is 1. The summed E-state index contributed by atoms with van der Waals surface area (Å²) in [6, 6.07) is 1.49. The Balaban J connectivity index is 1.58. The summed E-state index contributed by atoms with van der Waals surface area (Å²) in [5, 5.41) is 12.8. The molecule has 1 unspecified atom stereocenters. The van der Waals surface area contributed by atoms with Crippen LogP contribution in [0.4, 0.5) is 0 Å². The predicted octanol–water partition coefficient (Wildman–Crippen LogP) is 3.49. The lowest BCUT2D eigenvalue weighted by molar-refractivity contribution is -0.201. The van der Waals surface area contributed by atoms with E-state index in [0.29, 0.717) is 12.1 Å². The van der Waals surface area contributed by atoms with E-state index in [1.807, 2.05) is 18.2 Å². The van der Waals surface area contributed by atoms with Gasteiger partial charge in [0.25, 0.3) is 5.91 Å². The first-order chi connectivity index (χ1) is 13.6. The summed E-state index contributed by atoms with van der Waals surface area (Å²) < 4.78 is 17.4. The lowest BCUT2D eigenvalue weighted by atomic mass is 9.86. The van der Waals surface area contributed by atoms with Crippen LogP contribution < -0.4 is 10.1 Å². The number of methoxy groups -OCH3 is 1. The Morgan fingerprint density at radius 1 is 1.28 bits per heavy atom. The SMILES string of the molecule is COc1ccnc(C(=O)NC2=CCC(OC3CC(C)(C)OC(C)(C)C3)C=C2)c1O. The van der Waals surface area contributed by atoms with Crippen molar-refractivity contribution in [1.29, 1.82) is 0 Å². The molecular formula is C22H30N2O5. The summed E-state index contributed by atoms with van der Waals surface area (Å²) in [5.74, 6) is -0.572. The first-order valence-electron chi connectivity index (χ1n) is 9.86. The molecule has 2 heterocycles. The van der Waals surface area contributed by atoms with Crippen LogP contribution in [0.5, 0.6) is 11.5 Å². The predicted molar refractivity (Wildman–Crippen MR) is 109 cm³/mol. The maximum Gasteiger partial charge on any atom is 0.278 e. The van der Waals surface area contributed by atoms with Crippen molar-refractivity contribution < 1.29 is 24.1 Å². The zero-order chi connectivity index (χ0) is 21.2. The second-order valence-corrected chi connectivity index (χ2v) is 8.75. The van der Waals surface area contributed by atoms with Gasteiger partial charge in [0.2, 0.25) is 0 Å². The van der Waals surface area contributed by atoms with Gasteiger partial charge in [-0.25, -0.2) is 4.98 Å². The van der Waals surface area contributed by atoms with E-state index in [1.165, 1.54) is 19.4 Å². The molecule has 29 heavy (non-hydrogen) atoms. The number of carbonyl (C=O) groups is 1. The van der Waals surface area contributed by atoms with Crippen molar-refractivity contribution in [2.75, 3.05) is 7.11 Å². The Hall–Kier alpha value is -2.38. The molecule has 1 aromatic heterocycles. The quantitative estimate of drug-likeness (QED) is 0.784. The number of pyridine rings is 1. The van der Waals surface area contributed by atoms with Crippen LogP contribution in [0.1, 0.15) is 57.4 Å². The highest BCUT2D eigenvalue weighted by atomic mass is 16.5. The Bertz CT molecular complexity index is 812. The highest BCUT2D eigenvalue weighted by Crippen LogP contribution is 2.37. The van der Waals surface area contributed by atoms with Gasteiger partial charge in [0.05, 0.1) is 30.5 Å². The van der Waals surface area contributed by atoms with E-state index in [-0.39, 0.29) is 40.6 Å². The second-order valence-electron chi connectivity index (χ2n) is 8.75. The Labute approximate surface area is 171 Å². The minimum Gasteiger partial charge on any atom is -0.503 e. The van der Waals surface area contributed by atoms with Gasteiger partial charge in [0, 0.05) is 30.8 Å². The van der Waals surface area contributed by atoms with Crippen LogP contribution in [-0.4, -0.2) is 46.5 Å². The molecule has 0 bridgehead atoms. The van der Waals surface area contributed by atoms with Crippen LogP contribution in [0, 0.1) is 0 Å². The number of aromatic hydroxyl groups is 1. The van der Waals surface area contributed by atoms with Crippen molar-refractivity contribution in [1.82, 2.24) is 10.3 Å². The molecule has 7 heteroatoms. The fraction of sp³-hybridized carbons (Fsp3) is 0.545. The average molecular weight is 402 g/mol. The molecular weight excluding hydrogens is 372 g/mol. The van der Waals surface area contributed by atoms with Gasteiger partial charge in [-0.1, -0.05) is 12.2 Å². The third kappa shape index (κ3) is 5.36. The van der Waals surface area contributed by atoms with Crippen molar-refractivity contribution in [3.05, 3.63) is 41.9 Å². The van der Waals surface area contributed by atoms with Gasteiger partial charge in [0.15, 0.2) is 17.2 Å². The molecule has 1 fully saturated rings. The number of rotatable bonds is 5. The molecule has 0 spiro atoms. The van der Waals surface area contributed by atoms with Crippen LogP contribution in [0.15, 0.2) is 36.2 Å². The van der Waals surface area contributed by atoms with E-state index in [2.05, 4.69) is 38.0 Å². The molecule has 2 N–H and O–H groups in total. The Morgan fingerprint density at radius 2 is 1.97 bits per heavy atom. The third-order valence-corrected chi connectivity index (χ3v) is 5.00. The molecule has 0 aromatic carbocycles. The molecule has 0 saturated carbocycles. The van der Waals surface area contributed by atoms with E-state index < -0.39 is 5.91 Å². The number of nitrogens with one attached hydrogen (secondary N) is 1. The fourth-order valence-electron chi connectivity index (χ4n) is 4.10. The van der Waals surface area contributed by atoms with Crippen molar-refractivity contribution >= 4 is 5.91 Å². The third-order valence-electron chi connectivity index (χ3n) is 5.00. The summed E-state index contributed by atoms with van der Waals surface area (Å²) in [5.41, 5.74) is 0.131. The molecule has 1 aliphatic heterocycles. The lowest BCUT2D eigenvalue weighted by Crippen LogP contribution is -2.48. The van der Waals surface area contributed by atoms with Gasteiger partial charge in [-0.3, -0.25) is 4.79 Å². The maximum absolute atomic E-state index is 12.4. The molecule has 3 rings (SSSR count). The highest BCUT2D eigenvalue weighted by molar-refractivity contribution is 5.96. The number of amides is 1. The number of hydrogen-bond acceptors (Lipinski definition) is 6. The minimum atomic E-state index is -0.496. The van der Waals surface area contributed by atoms with Gasteiger partial charge >= 0.3 is 0 Å². The van der Waals surface area contributed by atoms with Gasteiger partial charge in [-0.2, -0.15) is 0 Å². The topological polar surface area (TPSA) is 89.9 Å². The van der Waals surface area contributed by atoms with Crippen molar-refractivity contribution in [3.8, 4) is 11.5 Å². The maximum atomic E-state index is 12.4. The molecule has 1 saturated heterocycles. The molecule has 158 valence electrons. The van der Waals surface area contributed by atoms with Crippen molar-refractivity contribution in [3.63, 3.8) is 0 Å². The van der Waals surface area contributed by atoms with Crippen LogP contribution in [0.25, 0.3) is 0 Å². The number of aromatic nitrogens is 1. The normalized spacial score (nSPS) is 23.3. The zero-order valence-corrected chi connectivity index (χ0v) is 17.7. The highest BCUT2D eigenvalue weighted by Gasteiger charge is 2.40. The molecule has 1 aromatic rings. The zero-order valence-electron chi connectivity index (χ0n) is 17.7. The minimum absolute atomic E-state index is 0.0475. The monoisotopic (exact) mass is 402 g/mol. The fourth-order valence-corrected chi connectivity index (χ4v) is 4.10. The number of carbonyl (C=O) groups excluding carboxylic acids is 1. The van der Waals surface area contributed by atoms with Crippen LogP contribution in [-0.2, 0) is 9.47 Å². The smallest absolute Gasteiger partial charge is 0.278 e. The van der Waals surface area contributed by atoms with E-state index in [1.54, 1.807) is 0 Å². The number of allylic oxidation sites excluding steroid dienone is 1. The van der Waals surface area contributed by atoms with Gasteiger partial charge in [-0.15, -0.1) is 0 Å². The summed E-state index contributed by atoms with van der Waals surface area (Å²) in [6.07, 6.45) is 9.50. The van der Waals surface area contributed by atoms with Gasteiger partial charge < -0.3 is 24.6 Å².